The number of hydrogen-bond donors (Lipinski definition) is 1. The summed E-state index contributed by atoms with van der Waals surface area (Å²) in [5.74, 6) is 1.78. The van der Waals surface area contributed by atoms with E-state index in [1.165, 1.54) is 15.3 Å². The first kappa shape index (κ1) is 25.6. The average molecular weight is 549 g/mol. The predicted molar refractivity (Wildman–Crippen MR) is 152 cm³/mol. The van der Waals surface area contributed by atoms with Crippen LogP contribution < -0.4 is 0 Å². The molecule has 4 aromatic heterocycles. The maximum Gasteiger partial charge on any atom is 0.182 e. The van der Waals surface area contributed by atoms with E-state index < -0.39 is 0 Å². The van der Waals surface area contributed by atoms with Gasteiger partial charge in [-0.05, 0) is 53.4 Å². The van der Waals surface area contributed by atoms with Crippen molar-refractivity contribution in [3.05, 3.63) is 109 Å². The molecule has 1 aromatic carbocycles. The van der Waals surface area contributed by atoms with Crippen LogP contribution in [0.3, 0.4) is 0 Å². The molecule has 1 unspecified atom stereocenters. The van der Waals surface area contributed by atoms with Crippen LogP contribution in [0.4, 0.5) is 0 Å². The highest BCUT2D eigenvalue weighted by Crippen LogP contribution is 2.33. The lowest BCUT2D eigenvalue weighted by Gasteiger charge is -2.18. The molecule has 9 heteroatoms. The smallest absolute Gasteiger partial charge is 0.182 e. The van der Waals surface area contributed by atoms with E-state index in [4.69, 9.17) is 16.6 Å². The number of benzene rings is 1. The van der Waals surface area contributed by atoms with Crippen molar-refractivity contribution in [3.63, 3.8) is 0 Å². The number of aromatic nitrogens is 6. The number of aryl methyl sites for hydroxylation is 1. The fourth-order valence-electron chi connectivity index (χ4n) is 4.47. The molecule has 0 amide bonds. The third-order valence-corrected chi connectivity index (χ3v) is 8.55. The molecule has 0 aliphatic heterocycles. The van der Waals surface area contributed by atoms with E-state index in [9.17, 15) is 0 Å². The minimum atomic E-state index is -0.0118. The van der Waals surface area contributed by atoms with Crippen LogP contribution in [0.15, 0.2) is 71.1 Å². The van der Waals surface area contributed by atoms with Crippen LogP contribution in [-0.4, -0.2) is 30.2 Å². The highest BCUT2D eigenvalue weighted by molar-refractivity contribution is 7.10. The average Bonchev–Trinajstić information content (AvgIpc) is 3.72. The van der Waals surface area contributed by atoms with Crippen LogP contribution in [0.1, 0.15) is 58.3 Å². The largest absolute Gasteiger partial charge is 0.324 e. The maximum absolute atomic E-state index is 6.57. The van der Waals surface area contributed by atoms with Crippen LogP contribution in [0.5, 0.6) is 0 Å². The summed E-state index contributed by atoms with van der Waals surface area (Å²) in [6.45, 7) is 2.88. The van der Waals surface area contributed by atoms with Crippen LogP contribution in [0, 0.1) is 0 Å². The number of nitrogens with one attached hydrogen (secondary N) is 1. The lowest BCUT2D eigenvalue weighted by atomic mass is 9.90. The van der Waals surface area contributed by atoms with E-state index in [1.54, 1.807) is 22.7 Å². The summed E-state index contributed by atoms with van der Waals surface area (Å²) in [5.41, 5.74) is 3.39. The Kier molecular flexibility index (Phi) is 8.61. The normalized spacial score (nSPS) is 12.8. The molecule has 5 aromatic rings. The zero-order valence-corrected chi connectivity index (χ0v) is 23.1. The third kappa shape index (κ3) is 6.44. The number of aromatic amines is 1. The zero-order valence-electron chi connectivity index (χ0n) is 20.7. The zero-order chi connectivity index (χ0) is 25.5. The third-order valence-electron chi connectivity index (χ3n) is 6.41. The van der Waals surface area contributed by atoms with Crippen molar-refractivity contribution in [1.82, 2.24) is 30.2 Å². The molecule has 5 rings (SSSR count). The molecule has 0 spiro atoms. The van der Waals surface area contributed by atoms with Gasteiger partial charge in [-0.3, -0.25) is 0 Å². The Hall–Kier alpha value is -3.07. The van der Waals surface area contributed by atoms with Crippen LogP contribution in [0.2, 0.25) is 5.02 Å². The Morgan fingerprint density at radius 1 is 1.08 bits per heavy atom. The summed E-state index contributed by atoms with van der Waals surface area (Å²) >= 11 is 10.1. The fraction of sp³-hybridized carbons (Fsp3) is 0.286. The number of nitrogens with zero attached hydrogens (tertiary/aromatic N) is 5. The van der Waals surface area contributed by atoms with Crippen molar-refractivity contribution in [2.45, 2.75) is 51.5 Å². The number of hydrogen-bond acceptors (Lipinski definition) is 6. The summed E-state index contributed by atoms with van der Waals surface area (Å²) in [5, 5.41) is 20.4. The molecule has 0 aliphatic rings. The topological polar surface area (TPSA) is 72.3 Å². The van der Waals surface area contributed by atoms with Gasteiger partial charge in [0.1, 0.15) is 5.82 Å². The molecule has 6 nitrogen and oxygen atoms in total. The first-order valence-electron chi connectivity index (χ1n) is 12.5. The second kappa shape index (κ2) is 12.4. The Labute approximate surface area is 230 Å². The van der Waals surface area contributed by atoms with Gasteiger partial charge in [-0.25, -0.2) is 4.98 Å². The Bertz CT molecular complexity index is 1410. The van der Waals surface area contributed by atoms with Gasteiger partial charge in [0, 0.05) is 33.5 Å². The summed E-state index contributed by atoms with van der Waals surface area (Å²) in [4.78, 5) is 7.45. The van der Waals surface area contributed by atoms with Crippen molar-refractivity contribution in [3.8, 4) is 0 Å². The van der Waals surface area contributed by atoms with Crippen LogP contribution >= 0.6 is 34.3 Å². The molecule has 0 saturated carbocycles. The summed E-state index contributed by atoms with van der Waals surface area (Å²) in [6, 6.07) is 16.6. The number of tetrazole rings is 1. The van der Waals surface area contributed by atoms with E-state index in [-0.39, 0.29) is 5.92 Å². The van der Waals surface area contributed by atoms with E-state index in [0.717, 1.165) is 54.2 Å². The minimum absolute atomic E-state index is 0.0118. The highest BCUT2D eigenvalue weighted by atomic mass is 35.5. The standard InChI is InChI=1S/C28H29ClN6S2/c1-2-3-12-27-30-18-22(35(27)19-20-8-4-5-11-26(20)29)15-21(16-23-9-6-13-36-23)25(28-31-33-34-32-28)17-24-10-7-14-37-24/h4-11,13-15,18,25H,2-3,12,16-17,19H2,1H3,(H,31,32,33,34)/b21-15+. The van der Waals surface area contributed by atoms with Crippen molar-refractivity contribution < 1.29 is 0 Å². The van der Waals surface area contributed by atoms with Gasteiger partial charge in [0.25, 0.3) is 0 Å². The number of thiophene rings is 2. The van der Waals surface area contributed by atoms with Crippen LogP contribution in [0.25, 0.3) is 6.08 Å². The number of rotatable bonds is 12. The molecular weight excluding hydrogens is 520 g/mol. The van der Waals surface area contributed by atoms with Crippen molar-refractivity contribution >= 4 is 40.4 Å². The maximum atomic E-state index is 6.57. The van der Waals surface area contributed by atoms with Crippen molar-refractivity contribution in [2.24, 2.45) is 0 Å². The number of H-pyrrole nitrogens is 1. The minimum Gasteiger partial charge on any atom is -0.324 e. The number of allylic oxidation sites excluding steroid dienone is 1. The molecule has 190 valence electrons. The van der Waals surface area contributed by atoms with Gasteiger partial charge < -0.3 is 4.57 Å². The monoisotopic (exact) mass is 548 g/mol. The van der Waals surface area contributed by atoms with E-state index in [0.29, 0.717) is 12.4 Å². The Balaban J connectivity index is 1.59. The number of halogens is 1. The molecule has 0 saturated heterocycles. The summed E-state index contributed by atoms with van der Waals surface area (Å²) in [6.07, 6.45) is 9.05. The fourth-order valence-corrected chi connectivity index (χ4v) is 6.16. The molecule has 0 bridgehead atoms. The summed E-state index contributed by atoms with van der Waals surface area (Å²) < 4.78 is 2.31. The second-order valence-electron chi connectivity index (χ2n) is 8.96. The molecular formula is C28H29ClN6S2. The Morgan fingerprint density at radius 2 is 1.89 bits per heavy atom. The van der Waals surface area contributed by atoms with E-state index in [2.05, 4.69) is 79.3 Å². The quantitative estimate of drug-likeness (QED) is 0.179. The first-order chi connectivity index (χ1) is 18.2. The summed E-state index contributed by atoms with van der Waals surface area (Å²) in [7, 11) is 0. The molecule has 0 fully saturated rings. The first-order valence-corrected chi connectivity index (χ1v) is 14.6. The second-order valence-corrected chi connectivity index (χ2v) is 11.4. The van der Waals surface area contributed by atoms with Gasteiger partial charge in [0.15, 0.2) is 5.82 Å². The Morgan fingerprint density at radius 3 is 2.59 bits per heavy atom. The molecule has 4 heterocycles. The number of unbranched alkanes of at least 4 members (excludes halogenated alkanes) is 1. The van der Waals surface area contributed by atoms with Gasteiger partial charge in [0.2, 0.25) is 0 Å². The highest BCUT2D eigenvalue weighted by Gasteiger charge is 2.24. The molecule has 0 aliphatic carbocycles. The molecule has 37 heavy (non-hydrogen) atoms. The van der Waals surface area contributed by atoms with Gasteiger partial charge in [-0.1, -0.05) is 66.1 Å². The molecule has 1 N–H and O–H groups in total. The van der Waals surface area contributed by atoms with E-state index in [1.807, 2.05) is 24.4 Å². The van der Waals surface area contributed by atoms with Gasteiger partial charge in [0.05, 0.1) is 18.4 Å². The van der Waals surface area contributed by atoms with Crippen molar-refractivity contribution in [2.75, 3.05) is 0 Å². The molecule has 0 radical (unpaired) electrons. The van der Waals surface area contributed by atoms with Crippen molar-refractivity contribution in [1.29, 1.82) is 0 Å². The van der Waals surface area contributed by atoms with Gasteiger partial charge in [-0.15, -0.1) is 32.9 Å². The van der Waals surface area contributed by atoms with E-state index >= 15 is 0 Å². The molecule has 1 atom stereocenters. The lowest BCUT2D eigenvalue weighted by Crippen LogP contribution is -2.12. The van der Waals surface area contributed by atoms with Gasteiger partial charge >= 0.3 is 0 Å². The van der Waals surface area contributed by atoms with Crippen LogP contribution in [-0.2, 0) is 25.8 Å². The lowest BCUT2D eigenvalue weighted by molar-refractivity contribution is 0.673. The SMILES string of the molecule is CCCCc1ncc(/C=C(\Cc2cccs2)C(Cc2cccs2)c2nn[nH]n2)n1Cc1ccccc1Cl. The van der Waals surface area contributed by atoms with Gasteiger partial charge in [-0.2, -0.15) is 5.21 Å². The predicted octanol–water partition coefficient (Wildman–Crippen LogP) is 7.22. The number of imidazole rings is 1.